The highest BCUT2D eigenvalue weighted by Gasteiger charge is 2.11. The molecule has 3 N–H and O–H groups in total. The van der Waals surface area contributed by atoms with Crippen molar-refractivity contribution in [3.63, 3.8) is 0 Å². The topological polar surface area (TPSA) is 85.8 Å². The first-order chi connectivity index (χ1) is 14.3. The summed E-state index contributed by atoms with van der Waals surface area (Å²) in [5.74, 6) is 0.682. The summed E-state index contributed by atoms with van der Waals surface area (Å²) in [6, 6.07) is 18.2. The summed E-state index contributed by atoms with van der Waals surface area (Å²) in [5, 5.41) is 6.58. The highest BCUT2D eigenvalue weighted by molar-refractivity contribution is 14.0. The Morgan fingerprint density at radius 3 is 2.35 bits per heavy atom. The van der Waals surface area contributed by atoms with E-state index in [0.717, 1.165) is 31.3 Å². The van der Waals surface area contributed by atoms with Gasteiger partial charge in [-0.1, -0.05) is 48.5 Å². The molecule has 9 heteroatoms. The van der Waals surface area contributed by atoms with E-state index in [1.54, 1.807) is 19.2 Å². The predicted octanol–water partition coefficient (Wildman–Crippen LogP) is 3.25. The Hall–Kier alpha value is -1.85. The Morgan fingerprint density at radius 1 is 1.06 bits per heavy atom. The maximum absolute atomic E-state index is 11.6. The molecule has 0 saturated heterocycles. The van der Waals surface area contributed by atoms with Gasteiger partial charge in [0.2, 0.25) is 10.0 Å². The van der Waals surface area contributed by atoms with Gasteiger partial charge in [0.25, 0.3) is 0 Å². The summed E-state index contributed by atoms with van der Waals surface area (Å²) in [5.41, 5.74) is 2.72. The van der Waals surface area contributed by atoms with Gasteiger partial charge in [-0.15, -0.1) is 24.0 Å². The van der Waals surface area contributed by atoms with Gasteiger partial charge in [-0.25, -0.2) is 8.42 Å². The lowest BCUT2D eigenvalue weighted by atomic mass is 10.1. The molecule has 7 nitrogen and oxygen atoms in total. The van der Waals surface area contributed by atoms with Crippen molar-refractivity contribution in [2.24, 2.45) is 4.99 Å². The van der Waals surface area contributed by atoms with Crippen LogP contribution in [0.25, 0.3) is 0 Å². The monoisotopic (exact) mass is 559 g/mol. The maximum Gasteiger partial charge on any atom is 0.229 e. The van der Waals surface area contributed by atoms with E-state index in [1.165, 1.54) is 5.56 Å². The number of anilines is 1. The van der Waals surface area contributed by atoms with Crippen LogP contribution in [0.3, 0.4) is 0 Å². The minimum absolute atomic E-state index is 0. The van der Waals surface area contributed by atoms with Gasteiger partial charge in [0.05, 0.1) is 11.9 Å². The van der Waals surface area contributed by atoms with Crippen molar-refractivity contribution in [1.29, 1.82) is 0 Å². The molecule has 0 aliphatic rings. The Kier molecular flexibility index (Phi) is 11.9. The lowest BCUT2D eigenvalue weighted by Gasteiger charge is -2.25. The number of halogens is 1. The second-order valence-corrected chi connectivity index (χ2v) is 9.17. The van der Waals surface area contributed by atoms with Crippen LogP contribution < -0.4 is 15.4 Å². The second kappa shape index (κ2) is 13.5. The standard InChI is InChI=1S/C22H33N5O2S.HI/c1-18(27(3)17-19-10-6-5-7-11-19)14-15-24-22(23-2)25-16-20-12-8-9-13-21(20)26-30(4,28)29;/h5-13,18,26H,14-17H2,1-4H3,(H2,23,24,25);1H. The fourth-order valence-electron chi connectivity index (χ4n) is 3.02. The third kappa shape index (κ3) is 10.3. The zero-order valence-electron chi connectivity index (χ0n) is 18.6. The summed E-state index contributed by atoms with van der Waals surface area (Å²) < 4.78 is 25.7. The molecule has 0 aliphatic heterocycles. The first-order valence-corrected chi connectivity index (χ1v) is 11.9. The molecular weight excluding hydrogens is 525 g/mol. The van der Waals surface area contributed by atoms with E-state index >= 15 is 0 Å². The molecule has 0 heterocycles. The van der Waals surface area contributed by atoms with Gasteiger partial charge < -0.3 is 10.6 Å². The Labute approximate surface area is 203 Å². The van der Waals surface area contributed by atoms with Crippen LogP contribution in [0.15, 0.2) is 59.6 Å². The minimum Gasteiger partial charge on any atom is -0.356 e. The van der Waals surface area contributed by atoms with E-state index in [-0.39, 0.29) is 24.0 Å². The zero-order valence-corrected chi connectivity index (χ0v) is 21.8. The number of nitrogens with zero attached hydrogens (tertiary/aromatic N) is 2. The molecule has 0 spiro atoms. The number of hydrogen-bond acceptors (Lipinski definition) is 4. The second-order valence-electron chi connectivity index (χ2n) is 7.42. The van der Waals surface area contributed by atoms with Crippen LogP contribution in [0.5, 0.6) is 0 Å². The number of guanidine groups is 1. The number of benzene rings is 2. The molecule has 0 saturated carbocycles. The van der Waals surface area contributed by atoms with Crippen LogP contribution in [-0.2, 0) is 23.1 Å². The van der Waals surface area contributed by atoms with Crippen LogP contribution in [-0.4, -0.2) is 52.2 Å². The van der Waals surface area contributed by atoms with Crippen molar-refractivity contribution in [3.8, 4) is 0 Å². The number of para-hydroxylation sites is 1. The van der Waals surface area contributed by atoms with E-state index in [0.29, 0.717) is 24.2 Å². The van der Waals surface area contributed by atoms with Crippen LogP contribution in [0.1, 0.15) is 24.5 Å². The first kappa shape index (κ1) is 27.2. The van der Waals surface area contributed by atoms with Gasteiger partial charge in [-0.3, -0.25) is 14.6 Å². The number of rotatable bonds is 10. The molecule has 0 aromatic heterocycles. The van der Waals surface area contributed by atoms with Gasteiger partial charge in [0.15, 0.2) is 5.96 Å². The Morgan fingerprint density at radius 2 is 1.71 bits per heavy atom. The van der Waals surface area contributed by atoms with Crippen LogP contribution in [0, 0.1) is 0 Å². The largest absolute Gasteiger partial charge is 0.356 e. The molecule has 2 aromatic rings. The maximum atomic E-state index is 11.6. The molecule has 0 aliphatic carbocycles. The molecule has 31 heavy (non-hydrogen) atoms. The molecule has 0 amide bonds. The summed E-state index contributed by atoms with van der Waals surface area (Å²) >= 11 is 0. The highest BCUT2D eigenvalue weighted by Crippen LogP contribution is 2.16. The van der Waals surface area contributed by atoms with Gasteiger partial charge >= 0.3 is 0 Å². The minimum atomic E-state index is -3.33. The molecule has 2 rings (SSSR count). The van der Waals surface area contributed by atoms with E-state index in [9.17, 15) is 8.42 Å². The molecule has 172 valence electrons. The van der Waals surface area contributed by atoms with Crippen molar-refractivity contribution in [2.45, 2.75) is 32.5 Å². The average Bonchev–Trinajstić information content (AvgIpc) is 2.71. The van der Waals surface area contributed by atoms with Gasteiger partial charge in [-0.2, -0.15) is 0 Å². The van der Waals surface area contributed by atoms with E-state index < -0.39 is 10.0 Å². The van der Waals surface area contributed by atoms with Crippen LogP contribution in [0.2, 0.25) is 0 Å². The molecule has 0 fully saturated rings. The van der Waals surface area contributed by atoms with Crippen molar-refractivity contribution in [3.05, 3.63) is 65.7 Å². The molecule has 2 aromatic carbocycles. The lowest BCUT2D eigenvalue weighted by molar-refractivity contribution is 0.238. The molecule has 0 bridgehead atoms. The van der Waals surface area contributed by atoms with Crippen molar-refractivity contribution >= 4 is 45.6 Å². The Balaban J connectivity index is 0.00000480. The number of aliphatic imine (C=N–C) groups is 1. The van der Waals surface area contributed by atoms with Gasteiger partial charge in [-0.05, 0) is 37.6 Å². The fourth-order valence-corrected chi connectivity index (χ4v) is 3.62. The van der Waals surface area contributed by atoms with Gasteiger partial charge in [0.1, 0.15) is 0 Å². The quantitative estimate of drug-likeness (QED) is 0.237. The lowest BCUT2D eigenvalue weighted by Crippen LogP contribution is -2.39. The van der Waals surface area contributed by atoms with Crippen LogP contribution in [0.4, 0.5) is 5.69 Å². The predicted molar refractivity (Wildman–Crippen MR) is 141 cm³/mol. The number of nitrogens with one attached hydrogen (secondary N) is 3. The SMILES string of the molecule is CN=C(NCCC(C)N(C)Cc1ccccc1)NCc1ccccc1NS(C)(=O)=O.I. The highest BCUT2D eigenvalue weighted by atomic mass is 127. The van der Waals surface area contributed by atoms with E-state index in [2.05, 4.69) is 63.5 Å². The third-order valence-electron chi connectivity index (χ3n) is 4.86. The Bertz CT molecular complexity index is 923. The van der Waals surface area contributed by atoms with Crippen molar-refractivity contribution < 1.29 is 8.42 Å². The molecule has 1 atom stereocenters. The number of hydrogen-bond donors (Lipinski definition) is 3. The van der Waals surface area contributed by atoms with Gasteiger partial charge in [0, 0.05) is 32.7 Å². The normalized spacial score (nSPS) is 12.7. The molecule has 1 unspecified atom stereocenters. The average molecular weight is 560 g/mol. The first-order valence-electron chi connectivity index (χ1n) is 10.0. The summed E-state index contributed by atoms with van der Waals surface area (Å²) in [6.45, 7) is 4.37. The van der Waals surface area contributed by atoms with Crippen molar-refractivity contribution in [1.82, 2.24) is 15.5 Å². The zero-order chi connectivity index (χ0) is 22.0. The van der Waals surface area contributed by atoms with E-state index in [4.69, 9.17) is 0 Å². The number of sulfonamides is 1. The third-order valence-corrected chi connectivity index (χ3v) is 5.46. The fraction of sp³-hybridized carbons (Fsp3) is 0.409. The smallest absolute Gasteiger partial charge is 0.229 e. The van der Waals surface area contributed by atoms with E-state index in [1.807, 2.05) is 18.2 Å². The molecular formula is C22H34IN5O2S. The van der Waals surface area contributed by atoms with Crippen molar-refractivity contribution in [2.75, 3.05) is 31.6 Å². The van der Waals surface area contributed by atoms with Crippen LogP contribution >= 0.6 is 24.0 Å². The summed E-state index contributed by atoms with van der Waals surface area (Å²) in [4.78, 5) is 6.59. The molecule has 0 radical (unpaired) electrons. The summed E-state index contributed by atoms with van der Waals surface area (Å²) in [6.07, 6.45) is 2.12. The summed E-state index contributed by atoms with van der Waals surface area (Å²) in [7, 11) is 0.532.